The molecule has 1 aromatic carbocycles. The number of fused-ring (bicyclic) bond motifs is 1. The summed E-state index contributed by atoms with van der Waals surface area (Å²) in [6.45, 7) is 2.76. The minimum absolute atomic E-state index is 0.177. The summed E-state index contributed by atoms with van der Waals surface area (Å²) in [6, 6.07) is 7.21. The Morgan fingerprint density at radius 3 is 3.00 bits per heavy atom. The van der Waals surface area contributed by atoms with Crippen LogP contribution in [0, 0.1) is 0 Å². The zero-order chi connectivity index (χ0) is 13.5. The largest absolute Gasteiger partial charge is 0.375 e. The number of nitrogens with one attached hydrogen (secondary N) is 1. The lowest BCUT2D eigenvalue weighted by Crippen LogP contribution is -2.37. The molecule has 1 unspecified atom stereocenters. The summed E-state index contributed by atoms with van der Waals surface area (Å²) in [5, 5.41) is 13.5. The predicted molar refractivity (Wildman–Crippen MR) is 70.6 cm³/mol. The molecule has 1 aliphatic heterocycles. The molecule has 1 amide bonds. The molecule has 0 spiro atoms. The third-order valence-corrected chi connectivity index (χ3v) is 3.55. The van der Waals surface area contributed by atoms with Crippen molar-refractivity contribution in [2.45, 2.75) is 25.5 Å². The van der Waals surface area contributed by atoms with Crippen molar-refractivity contribution in [2.24, 2.45) is 0 Å². The number of carbonyl (C=O) groups excluding carboxylic acids is 1. The van der Waals surface area contributed by atoms with Gasteiger partial charge in [0.1, 0.15) is 5.82 Å². The van der Waals surface area contributed by atoms with Gasteiger partial charge < -0.3 is 15.0 Å². The first-order chi connectivity index (χ1) is 9.15. The predicted octanol–water partition coefficient (Wildman–Crippen LogP) is 1.29. The highest BCUT2D eigenvalue weighted by Gasteiger charge is 2.45. The molecule has 2 heterocycles. The van der Waals surface area contributed by atoms with Crippen LogP contribution in [0.2, 0.25) is 0 Å². The van der Waals surface area contributed by atoms with Crippen molar-refractivity contribution in [1.29, 1.82) is 0 Å². The monoisotopic (exact) mass is 257 g/mol. The second-order valence-corrected chi connectivity index (χ2v) is 4.67. The van der Waals surface area contributed by atoms with E-state index in [-0.39, 0.29) is 12.3 Å². The van der Waals surface area contributed by atoms with Crippen molar-refractivity contribution in [1.82, 2.24) is 9.55 Å². The zero-order valence-corrected chi connectivity index (χ0v) is 10.6. The number of para-hydroxylation sites is 1. The maximum Gasteiger partial charge on any atom is 0.261 e. The quantitative estimate of drug-likeness (QED) is 0.870. The lowest BCUT2D eigenvalue weighted by Gasteiger charge is -2.20. The van der Waals surface area contributed by atoms with Crippen LogP contribution in [0.5, 0.6) is 0 Å². The van der Waals surface area contributed by atoms with Crippen LogP contribution >= 0.6 is 0 Å². The summed E-state index contributed by atoms with van der Waals surface area (Å²) in [4.78, 5) is 16.3. The van der Waals surface area contributed by atoms with Crippen LogP contribution in [0.25, 0.3) is 0 Å². The summed E-state index contributed by atoms with van der Waals surface area (Å²) < 4.78 is 1.92. The standard InChI is InChI=1S/C14H15N3O2/c1-2-17-8-7-15-12(17)9-14(19)10-5-3-4-6-11(10)16-13(14)18/h3-8,19H,2,9H2,1H3,(H,16,18). The van der Waals surface area contributed by atoms with Crippen LogP contribution in [-0.2, 0) is 23.4 Å². The topological polar surface area (TPSA) is 67.1 Å². The Morgan fingerprint density at radius 1 is 1.42 bits per heavy atom. The van der Waals surface area contributed by atoms with Crippen LogP contribution in [0.15, 0.2) is 36.7 Å². The Hall–Kier alpha value is -2.14. The third-order valence-electron chi connectivity index (χ3n) is 3.55. The summed E-state index contributed by atoms with van der Waals surface area (Å²) in [6.07, 6.45) is 3.70. The fourth-order valence-corrected chi connectivity index (χ4v) is 2.50. The molecule has 1 aliphatic rings. The van der Waals surface area contributed by atoms with E-state index in [0.717, 1.165) is 6.54 Å². The first-order valence-electron chi connectivity index (χ1n) is 6.28. The normalized spacial score (nSPS) is 21.3. The van der Waals surface area contributed by atoms with Gasteiger partial charge in [-0.2, -0.15) is 0 Å². The van der Waals surface area contributed by atoms with E-state index < -0.39 is 5.60 Å². The first kappa shape index (κ1) is 11.9. The van der Waals surface area contributed by atoms with Gasteiger partial charge in [0, 0.05) is 36.6 Å². The number of aliphatic hydroxyl groups is 1. The Labute approximate surface area is 110 Å². The molecule has 5 nitrogen and oxygen atoms in total. The van der Waals surface area contributed by atoms with Crippen LogP contribution in [0.4, 0.5) is 5.69 Å². The summed E-state index contributed by atoms with van der Waals surface area (Å²) in [5.41, 5.74) is -0.246. The lowest BCUT2D eigenvalue weighted by molar-refractivity contribution is -0.133. The van der Waals surface area contributed by atoms with E-state index >= 15 is 0 Å². The van der Waals surface area contributed by atoms with Crippen molar-refractivity contribution < 1.29 is 9.90 Å². The van der Waals surface area contributed by atoms with Gasteiger partial charge in [-0.25, -0.2) is 4.98 Å². The van der Waals surface area contributed by atoms with E-state index in [1.807, 2.05) is 29.8 Å². The first-order valence-corrected chi connectivity index (χ1v) is 6.28. The summed E-state index contributed by atoms with van der Waals surface area (Å²) >= 11 is 0. The fraction of sp³-hybridized carbons (Fsp3) is 0.286. The average molecular weight is 257 g/mol. The Morgan fingerprint density at radius 2 is 2.21 bits per heavy atom. The maximum absolute atomic E-state index is 12.1. The van der Waals surface area contributed by atoms with Crippen LogP contribution in [0.1, 0.15) is 18.3 Å². The van der Waals surface area contributed by atoms with Crippen LogP contribution in [-0.4, -0.2) is 20.6 Å². The molecule has 0 saturated heterocycles. The molecular weight excluding hydrogens is 242 g/mol. The number of rotatable bonds is 3. The molecule has 0 radical (unpaired) electrons. The van der Waals surface area contributed by atoms with Crippen LogP contribution < -0.4 is 5.32 Å². The summed E-state index contributed by atoms with van der Waals surface area (Å²) in [7, 11) is 0. The van der Waals surface area contributed by atoms with E-state index in [4.69, 9.17) is 0 Å². The number of imidazole rings is 1. The molecule has 2 N–H and O–H groups in total. The van der Waals surface area contributed by atoms with E-state index in [9.17, 15) is 9.90 Å². The highest BCUT2D eigenvalue weighted by Crippen LogP contribution is 2.37. The second-order valence-electron chi connectivity index (χ2n) is 4.67. The summed E-state index contributed by atoms with van der Waals surface area (Å²) in [5.74, 6) is 0.316. The van der Waals surface area contributed by atoms with Gasteiger partial charge in [0.25, 0.3) is 5.91 Å². The Kier molecular flexibility index (Phi) is 2.64. The molecule has 98 valence electrons. The average Bonchev–Trinajstić information content (AvgIpc) is 2.94. The number of hydrogen-bond acceptors (Lipinski definition) is 3. The van der Waals surface area contributed by atoms with Gasteiger partial charge in [-0.05, 0) is 13.0 Å². The number of nitrogens with zero attached hydrogens (tertiary/aromatic N) is 2. The van der Waals surface area contributed by atoms with E-state index in [1.54, 1.807) is 18.3 Å². The SMILES string of the molecule is CCn1ccnc1CC1(O)C(=O)Nc2ccccc21. The molecule has 0 fully saturated rings. The lowest BCUT2D eigenvalue weighted by atomic mass is 9.91. The fourth-order valence-electron chi connectivity index (χ4n) is 2.50. The number of amides is 1. The molecule has 0 saturated carbocycles. The van der Waals surface area contributed by atoms with Crippen LogP contribution in [0.3, 0.4) is 0 Å². The number of anilines is 1. The highest BCUT2D eigenvalue weighted by molar-refractivity contribution is 6.04. The highest BCUT2D eigenvalue weighted by atomic mass is 16.3. The Balaban J connectivity index is 2.02. The number of benzene rings is 1. The minimum Gasteiger partial charge on any atom is -0.375 e. The number of aryl methyl sites for hydroxylation is 1. The Bertz CT molecular complexity index is 635. The minimum atomic E-state index is -1.53. The molecule has 0 bridgehead atoms. The zero-order valence-electron chi connectivity index (χ0n) is 10.6. The van der Waals surface area contributed by atoms with Gasteiger partial charge in [-0.3, -0.25) is 4.79 Å². The molecular formula is C14H15N3O2. The van der Waals surface area contributed by atoms with Gasteiger partial charge in [0.2, 0.25) is 0 Å². The van der Waals surface area contributed by atoms with E-state index in [2.05, 4.69) is 10.3 Å². The number of aromatic nitrogens is 2. The molecule has 2 aromatic rings. The van der Waals surface area contributed by atoms with Crippen molar-refractivity contribution in [3.8, 4) is 0 Å². The molecule has 3 rings (SSSR count). The van der Waals surface area contributed by atoms with E-state index in [0.29, 0.717) is 17.1 Å². The molecule has 1 aromatic heterocycles. The third kappa shape index (κ3) is 1.74. The number of hydrogen-bond donors (Lipinski definition) is 2. The van der Waals surface area contributed by atoms with Crippen molar-refractivity contribution in [3.63, 3.8) is 0 Å². The molecule has 0 aliphatic carbocycles. The molecule has 19 heavy (non-hydrogen) atoms. The second kappa shape index (κ2) is 4.20. The van der Waals surface area contributed by atoms with Gasteiger partial charge >= 0.3 is 0 Å². The van der Waals surface area contributed by atoms with Gasteiger partial charge in [0.15, 0.2) is 5.60 Å². The smallest absolute Gasteiger partial charge is 0.261 e. The number of carbonyl (C=O) groups is 1. The van der Waals surface area contributed by atoms with Crippen molar-refractivity contribution >= 4 is 11.6 Å². The maximum atomic E-state index is 12.1. The van der Waals surface area contributed by atoms with Crippen molar-refractivity contribution in [3.05, 3.63) is 48.0 Å². The molecule has 5 heteroatoms. The van der Waals surface area contributed by atoms with Gasteiger partial charge in [-0.15, -0.1) is 0 Å². The van der Waals surface area contributed by atoms with E-state index in [1.165, 1.54) is 0 Å². The van der Waals surface area contributed by atoms with Gasteiger partial charge in [0.05, 0.1) is 0 Å². The molecule has 1 atom stereocenters. The van der Waals surface area contributed by atoms with Gasteiger partial charge in [-0.1, -0.05) is 18.2 Å². The van der Waals surface area contributed by atoms with Crippen molar-refractivity contribution in [2.75, 3.05) is 5.32 Å².